The van der Waals surface area contributed by atoms with Crippen molar-refractivity contribution in [1.29, 1.82) is 0 Å². The summed E-state index contributed by atoms with van der Waals surface area (Å²) < 4.78 is 5.00. The van der Waals surface area contributed by atoms with Gasteiger partial charge in [0.25, 0.3) is 0 Å². The Morgan fingerprint density at radius 2 is 2.43 bits per heavy atom. The predicted molar refractivity (Wildman–Crippen MR) is 56.4 cm³/mol. The van der Waals surface area contributed by atoms with Gasteiger partial charge in [-0.2, -0.15) is 0 Å². The van der Waals surface area contributed by atoms with Crippen LogP contribution in [0.2, 0.25) is 0 Å². The van der Waals surface area contributed by atoms with E-state index >= 15 is 0 Å². The van der Waals surface area contributed by atoms with E-state index in [-0.39, 0.29) is 24.4 Å². The van der Waals surface area contributed by atoms with Crippen molar-refractivity contribution in [1.82, 2.24) is 5.32 Å². The van der Waals surface area contributed by atoms with E-state index in [1.54, 1.807) is 0 Å². The van der Waals surface area contributed by atoms with E-state index in [9.17, 15) is 4.79 Å². The Morgan fingerprint density at radius 3 is 3.14 bits per heavy atom. The molecule has 1 aliphatic heterocycles. The quantitative estimate of drug-likeness (QED) is 0.557. The second kappa shape index (κ2) is 4.80. The summed E-state index contributed by atoms with van der Waals surface area (Å²) in [6.45, 7) is 3.26. The van der Waals surface area contributed by atoms with E-state index in [1.807, 2.05) is 6.92 Å². The first-order chi connectivity index (χ1) is 6.33. The zero-order valence-electron chi connectivity index (χ0n) is 8.23. The Kier molecular flexibility index (Phi) is 3.96. The summed E-state index contributed by atoms with van der Waals surface area (Å²) in [4.78, 5) is 11.5. The number of carbonyl (C=O) groups is 1. The van der Waals surface area contributed by atoms with Crippen molar-refractivity contribution in [3.05, 3.63) is 12.2 Å². The third kappa shape index (κ3) is 1.93. The van der Waals surface area contributed by atoms with Gasteiger partial charge in [-0.1, -0.05) is 12.2 Å². The number of allylic oxidation sites excluding steroid dienone is 1. The van der Waals surface area contributed by atoms with Gasteiger partial charge >= 0.3 is 5.97 Å². The van der Waals surface area contributed by atoms with Gasteiger partial charge in [0, 0.05) is 5.92 Å². The van der Waals surface area contributed by atoms with Gasteiger partial charge in [-0.25, -0.2) is 0 Å². The molecule has 1 N–H and O–H groups in total. The lowest BCUT2D eigenvalue weighted by Gasteiger charge is -2.14. The number of carbonyl (C=O) groups excluding carboxylic acids is 1. The lowest BCUT2D eigenvalue weighted by molar-refractivity contribution is -0.146. The maximum absolute atomic E-state index is 11.5. The lowest BCUT2D eigenvalue weighted by atomic mass is 9.94. The molecule has 0 aromatic rings. The molecule has 1 fully saturated rings. The highest BCUT2D eigenvalue weighted by atomic mass is 35.5. The summed E-state index contributed by atoms with van der Waals surface area (Å²) in [5, 5.41) is 3.22. The summed E-state index contributed by atoms with van der Waals surface area (Å²) in [5.41, 5.74) is 0. The maximum Gasteiger partial charge on any atom is 0.323 e. The second-order valence-corrected chi connectivity index (χ2v) is 3.64. The standard InChI is InChI=1S/C10H15NO2.ClH/c1-2-13-10(12)9-8-5-3-4-7(8)6-11-9;/h3,5,7-9,11H,2,4,6H2,1H3;1H. The fourth-order valence-corrected chi connectivity index (χ4v) is 2.21. The van der Waals surface area contributed by atoms with Crippen molar-refractivity contribution in [2.75, 3.05) is 13.2 Å². The van der Waals surface area contributed by atoms with Crippen LogP contribution in [0.15, 0.2) is 12.2 Å². The van der Waals surface area contributed by atoms with Gasteiger partial charge in [0.15, 0.2) is 0 Å². The normalized spacial score (nSPS) is 33.6. The van der Waals surface area contributed by atoms with Gasteiger partial charge in [-0.15, -0.1) is 12.4 Å². The first-order valence-electron chi connectivity index (χ1n) is 4.89. The van der Waals surface area contributed by atoms with Gasteiger partial charge in [-0.05, 0) is 25.8 Å². The smallest absolute Gasteiger partial charge is 0.323 e. The summed E-state index contributed by atoms with van der Waals surface area (Å²) in [7, 11) is 0. The van der Waals surface area contributed by atoms with Crippen LogP contribution in [0.5, 0.6) is 0 Å². The first kappa shape index (κ1) is 11.5. The number of rotatable bonds is 2. The van der Waals surface area contributed by atoms with E-state index < -0.39 is 0 Å². The van der Waals surface area contributed by atoms with E-state index in [4.69, 9.17) is 4.74 Å². The number of nitrogens with one attached hydrogen (secondary N) is 1. The van der Waals surface area contributed by atoms with Crippen molar-refractivity contribution in [2.24, 2.45) is 11.8 Å². The molecule has 0 aromatic carbocycles. The van der Waals surface area contributed by atoms with Gasteiger partial charge in [0.05, 0.1) is 6.61 Å². The van der Waals surface area contributed by atoms with Crippen LogP contribution in [0.3, 0.4) is 0 Å². The maximum atomic E-state index is 11.5. The Hall–Kier alpha value is -0.540. The fraction of sp³-hybridized carbons (Fsp3) is 0.700. The number of esters is 1. The molecule has 0 radical (unpaired) electrons. The molecule has 80 valence electrons. The average molecular weight is 218 g/mol. The van der Waals surface area contributed by atoms with Gasteiger partial charge in [-0.3, -0.25) is 4.79 Å². The van der Waals surface area contributed by atoms with Crippen molar-refractivity contribution in [3.63, 3.8) is 0 Å². The highest BCUT2D eigenvalue weighted by molar-refractivity contribution is 5.85. The third-order valence-corrected chi connectivity index (χ3v) is 2.87. The van der Waals surface area contributed by atoms with E-state index in [2.05, 4.69) is 17.5 Å². The lowest BCUT2D eigenvalue weighted by Crippen LogP contribution is -2.36. The topological polar surface area (TPSA) is 38.3 Å². The molecular formula is C10H16ClNO2. The van der Waals surface area contributed by atoms with E-state index in [1.165, 1.54) is 0 Å². The molecule has 3 nitrogen and oxygen atoms in total. The molecule has 0 saturated carbocycles. The molecule has 1 heterocycles. The zero-order valence-corrected chi connectivity index (χ0v) is 9.05. The highest BCUT2D eigenvalue weighted by Gasteiger charge is 2.40. The van der Waals surface area contributed by atoms with Crippen LogP contribution in [0, 0.1) is 11.8 Å². The summed E-state index contributed by atoms with van der Waals surface area (Å²) >= 11 is 0. The number of halogens is 1. The Balaban J connectivity index is 0.000000980. The summed E-state index contributed by atoms with van der Waals surface area (Å²) in [6, 6.07) is -0.0938. The summed E-state index contributed by atoms with van der Waals surface area (Å²) in [5.74, 6) is 0.898. The molecule has 0 amide bonds. The van der Waals surface area contributed by atoms with Crippen LogP contribution in [0.4, 0.5) is 0 Å². The Morgan fingerprint density at radius 1 is 1.64 bits per heavy atom. The molecule has 1 saturated heterocycles. The van der Waals surface area contributed by atoms with Gasteiger partial charge < -0.3 is 10.1 Å². The minimum atomic E-state index is -0.0958. The number of fused-ring (bicyclic) bond motifs is 1. The van der Waals surface area contributed by atoms with Crippen LogP contribution in [-0.4, -0.2) is 25.2 Å². The molecule has 0 bridgehead atoms. The number of hydrogen-bond donors (Lipinski definition) is 1. The van der Waals surface area contributed by atoms with Crippen LogP contribution >= 0.6 is 12.4 Å². The molecule has 2 aliphatic rings. The van der Waals surface area contributed by atoms with Crippen molar-refractivity contribution < 1.29 is 9.53 Å². The first-order valence-corrected chi connectivity index (χ1v) is 4.89. The van der Waals surface area contributed by atoms with E-state index in [0.717, 1.165) is 13.0 Å². The SMILES string of the molecule is CCOC(=O)C1NCC2CC=CC21.Cl. The fourth-order valence-electron chi connectivity index (χ4n) is 2.21. The molecule has 3 atom stereocenters. The van der Waals surface area contributed by atoms with Crippen molar-refractivity contribution in [2.45, 2.75) is 19.4 Å². The van der Waals surface area contributed by atoms with E-state index in [0.29, 0.717) is 18.4 Å². The van der Waals surface area contributed by atoms with Crippen LogP contribution in [0.1, 0.15) is 13.3 Å². The third-order valence-electron chi connectivity index (χ3n) is 2.87. The predicted octanol–water partition coefficient (Wildman–Crippen LogP) is 1.14. The second-order valence-electron chi connectivity index (χ2n) is 3.64. The Labute approximate surface area is 90.3 Å². The molecule has 0 aromatic heterocycles. The Bertz CT molecular complexity index is 242. The van der Waals surface area contributed by atoms with Crippen molar-refractivity contribution >= 4 is 18.4 Å². The molecule has 0 spiro atoms. The number of hydrogen-bond acceptors (Lipinski definition) is 3. The monoisotopic (exact) mass is 217 g/mol. The van der Waals surface area contributed by atoms with Crippen LogP contribution < -0.4 is 5.32 Å². The van der Waals surface area contributed by atoms with Crippen molar-refractivity contribution in [3.8, 4) is 0 Å². The van der Waals surface area contributed by atoms with Crippen LogP contribution in [-0.2, 0) is 9.53 Å². The molecule has 2 rings (SSSR count). The average Bonchev–Trinajstić information content (AvgIpc) is 2.62. The molecule has 3 unspecified atom stereocenters. The minimum absolute atomic E-state index is 0. The molecule has 14 heavy (non-hydrogen) atoms. The molecular weight excluding hydrogens is 202 g/mol. The number of ether oxygens (including phenoxy) is 1. The zero-order chi connectivity index (χ0) is 9.26. The molecule has 4 heteroatoms. The van der Waals surface area contributed by atoms with Gasteiger partial charge in [0.1, 0.15) is 6.04 Å². The highest BCUT2D eigenvalue weighted by Crippen LogP contribution is 2.32. The molecule has 1 aliphatic carbocycles. The van der Waals surface area contributed by atoms with Crippen LogP contribution in [0.25, 0.3) is 0 Å². The summed E-state index contributed by atoms with van der Waals surface area (Å²) in [6.07, 6.45) is 5.42. The van der Waals surface area contributed by atoms with Gasteiger partial charge in [0.2, 0.25) is 0 Å². The largest absolute Gasteiger partial charge is 0.465 e. The minimum Gasteiger partial charge on any atom is -0.465 e.